The molecule has 1 aliphatic carbocycles. The fourth-order valence-electron chi connectivity index (χ4n) is 4.27. The van der Waals surface area contributed by atoms with Gasteiger partial charge in [0.15, 0.2) is 5.58 Å². The van der Waals surface area contributed by atoms with Gasteiger partial charge in [0, 0.05) is 17.5 Å². The highest BCUT2D eigenvalue weighted by atomic mass is 35.5. The van der Waals surface area contributed by atoms with Crippen molar-refractivity contribution in [2.75, 3.05) is 4.90 Å². The Labute approximate surface area is 157 Å². The summed E-state index contributed by atoms with van der Waals surface area (Å²) in [5, 5.41) is 1.58. The number of hydrogen-bond donors (Lipinski definition) is 2. The first-order chi connectivity index (χ1) is 12.4. The molecule has 2 aromatic rings. The fourth-order valence-corrected chi connectivity index (χ4v) is 4.52. The Morgan fingerprint density at radius 1 is 1.23 bits per heavy atom. The standard InChI is InChI=1S/C19H24ClN5O/c1-3-15-11(2)13-9-12(10-14(20)16(13)26-15)25-18(22)23-17(21)24-19(25)7-5-4-6-8-19/h9-10H,3-8H2,1-2H3,(H4,21,22,23,24). The highest BCUT2D eigenvalue weighted by Crippen LogP contribution is 2.42. The normalized spacial score (nSPS) is 19.7. The molecule has 2 aliphatic rings. The molecule has 0 atom stereocenters. The summed E-state index contributed by atoms with van der Waals surface area (Å²) in [5.74, 6) is 1.57. The maximum absolute atomic E-state index is 6.57. The summed E-state index contributed by atoms with van der Waals surface area (Å²) in [6, 6.07) is 3.97. The van der Waals surface area contributed by atoms with Crippen molar-refractivity contribution in [1.82, 2.24) is 0 Å². The van der Waals surface area contributed by atoms with E-state index >= 15 is 0 Å². The maximum atomic E-state index is 6.57. The Morgan fingerprint density at radius 3 is 2.65 bits per heavy atom. The van der Waals surface area contributed by atoms with E-state index in [-0.39, 0.29) is 5.96 Å². The van der Waals surface area contributed by atoms with Crippen LogP contribution in [0.2, 0.25) is 5.02 Å². The lowest BCUT2D eigenvalue weighted by atomic mass is 9.87. The first-order valence-corrected chi connectivity index (χ1v) is 9.54. The van der Waals surface area contributed by atoms with Crippen LogP contribution in [-0.4, -0.2) is 17.6 Å². The SMILES string of the molecule is CCc1oc2c(Cl)cc(N3C(N)=NC(N)=NC34CCCCC4)cc2c1C. The van der Waals surface area contributed by atoms with E-state index in [1.807, 2.05) is 11.0 Å². The molecule has 138 valence electrons. The van der Waals surface area contributed by atoms with Gasteiger partial charge in [-0.3, -0.25) is 4.90 Å². The number of aliphatic imine (C=N–C) groups is 2. The number of nitrogens with zero attached hydrogens (tertiary/aromatic N) is 3. The lowest BCUT2D eigenvalue weighted by molar-refractivity contribution is 0.305. The van der Waals surface area contributed by atoms with Gasteiger partial charge >= 0.3 is 0 Å². The summed E-state index contributed by atoms with van der Waals surface area (Å²) in [7, 11) is 0. The molecular formula is C19H24ClN5O. The zero-order valence-electron chi connectivity index (χ0n) is 15.2. The molecule has 1 aliphatic heterocycles. The zero-order valence-corrected chi connectivity index (χ0v) is 15.9. The third-order valence-corrected chi connectivity index (χ3v) is 5.79. The smallest absolute Gasteiger partial charge is 0.220 e. The van der Waals surface area contributed by atoms with E-state index in [1.54, 1.807) is 0 Å². The summed E-state index contributed by atoms with van der Waals surface area (Å²) >= 11 is 6.57. The van der Waals surface area contributed by atoms with Crippen molar-refractivity contribution in [1.29, 1.82) is 0 Å². The predicted molar refractivity (Wildman–Crippen MR) is 107 cm³/mol. The second kappa shape index (κ2) is 6.20. The molecule has 0 amide bonds. The van der Waals surface area contributed by atoms with Crippen LogP contribution in [0.25, 0.3) is 11.0 Å². The van der Waals surface area contributed by atoms with Gasteiger partial charge in [-0.15, -0.1) is 0 Å². The Kier molecular flexibility index (Phi) is 4.10. The number of halogens is 1. The van der Waals surface area contributed by atoms with E-state index in [0.29, 0.717) is 11.0 Å². The van der Waals surface area contributed by atoms with E-state index < -0.39 is 5.66 Å². The van der Waals surface area contributed by atoms with Crippen LogP contribution in [0.15, 0.2) is 26.5 Å². The molecule has 4 N–H and O–H groups in total. The number of aryl methyl sites for hydroxylation is 2. The van der Waals surface area contributed by atoms with E-state index in [2.05, 4.69) is 24.9 Å². The first-order valence-electron chi connectivity index (χ1n) is 9.16. The summed E-state index contributed by atoms with van der Waals surface area (Å²) < 4.78 is 5.94. The first kappa shape index (κ1) is 17.2. The van der Waals surface area contributed by atoms with Gasteiger partial charge in [0.25, 0.3) is 0 Å². The summed E-state index contributed by atoms with van der Waals surface area (Å²) in [6.07, 6.45) is 5.98. The van der Waals surface area contributed by atoms with Gasteiger partial charge in [0.1, 0.15) is 11.4 Å². The van der Waals surface area contributed by atoms with E-state index in [1.165, 1.54) is 6.42 Å². The number of nitrogens with two attached hydrogens (primary N) is 2. The monoisotopic (exact) mass is 373 g/mol. The van der Waals surface area contributed by atoms with Crippen molar-refractivity contribution in [2.45, 2.75) is 58.0 Å². The van der Waals surface area contributed by atoms with Gasteiger partial charge in [-0.2, -0.15) is 4.99 Å². The highest BCUT2D eigenvalue weighted by molar-refractivity contribution is 6.35. The van der Waals surface area contributed by atoms with Crippen LogP contribution in [0.4, 0.5) is 5.69 Å². The molecule has 7 heteroatoms. The third kappa shape index (κ3) is 2.55. The predicted octanol–water partition coefficient (Wildman–Crippen LogP) is 4.07. The molecule has 0 bridgehead atoms. The van der Waals surface area contributed by atoms with Crippen molar-refractivity contribution < 1.29 is 4.42 Å². The lowest BCUT2D eigenvalue weighted by Gasteiger charge is -2.45. The molecule has 0 radical (unpaired) electrons. The second-order valence-electron chi connectivity index (χ2n) is 7.13. The van der Waals surface area contributed by atoms with Crippen LogP contribution >= 0.6 is 11.6 Å². The highest BCUT2D eigenvalue weighted by Gasteiger charge is 2.42. The van der Waals surface area contributed by atoms with Gasteiger partial charge in [0.2, 0.25) is 11.9 Å². The molecule has 1 saturated carbocycles. The number of furan rings is 1. The summed E-state index contributed by atoms with van der Waals surface area (Å²) in [6.45, 7) is 4.13. The van der Waals surface area contributed by atoms with Gasteiger partial charge in [0.05, 0.1) is 5.02 Å². The van der Waals surface area contributed by atoms with Gasteiger partial charge in [-0.1, -0.05) is 24.9 Å². The van der Waals surface area contributed by atoms with Crippen molar-refractivity contribution in [2.24, 2.45) is 21.5 Å². The Bertz CT molecular complexity index is 924. The Balaban J connectivity index is 1.89. The van der Waals surface area contributed by atoms with Crippen LogP contribution in [0.5, 0.6) is 0 Å². The number of guanidine groups is 2. The van der Waals surface area contributed by atoms with Gasteiger partial charge in [-0.25, -0.2) is 4.99 Å². The molecule has 0 saturated heterocycles. The minimum Gasteiger partial charge on any atom is -0.459 e. The molecule has 1 spiro atoms. The average Bonchev–Trinajstić information content (AvgIpc) is 2.92. The Hall–Kier alpha value is -2.21. The van der Waals surface area contributed by atoms with Crippen molar-refractivity contribution >= 4 is 40.2 Å². The second-order valence-corrected chi connectivity index (χ2v) is 7.53. The topological polar surface area (TPSA) is 93.1 Å². The third-order valence-electron chi connectivity index (χ3n) is 5.51. The quantitative estimate of drug-likeness (QED) is 0.829. The summed E-state index contributed by atoms with van der Waals surface area (Å²) in [4.78, 5) is 11.0. The van der Waals surface area contributed by atoms with Crippen LogP contribution in [0.1, 0.15) is 50.4 Å². The van der Waals surface area contributed by atoms with Crippen LogP contribution in [0, 0.1) is 6.92 Å². The molecular weight excluding hydrogens is 350 g/mol. The van der Waals surface area contributed by atoms with E-state index in [9.17, 15) is 0 Å². The molecule has 0 unspecified atom stereocenters. The minimum absolute atomic E-state index is 0.251. The number of anilines is 1. The number of benzene rings is 1. The fraction of sp³-hybridized carbons (Fsp3) is 0.474. The van der Waals surface area contributed by atoms with Crippen LogP contribution in [0.3, 0.4) is 0 Å². The molecule has 26 heavy (non-hydrogen) atoms. The molecule has 1 aromatic heterocycles. The molecule has 1 fully saturated rings. The minimum atomic E-state index is -0.476. The number of hydrogen-bond acceptors (Lipinski definition) is 6. The number of fused-ring (bicyclic) bond motifs is 1. The number of rotatable bonds is 2. The lowest BCUT2D eigenvalue weighted by Crippen LogP contribution is -2.58. The van der Waals surface area contributed by atoms with Gasteiger partial charge in [-0.05, 0) is 50.3 Å². The van der Waals surface area contributed by atoms with E-state index in [4.69, 9.17) is 32.5 Å². The van der Waals surface area contributed by atoms with Crippen LogP contribution < -0.4 is 16.4 Å². The van der Waals surface area contributed by atoms with Crippen molar-refractivity contribution in [3.8, 4) is 0 Å². The molecule has 4 rings (SSSR count). The maximum Gasteiger partial charge on any atom is 0.220 e. The molecule has 6 nitrogen and oxygen atoms in total. The summed E-state index contributed by atoms with van der Waals surface area (Å²) in [5.41, 5.74) is 14.5. The largest absolute Gasteiger partial charge is 0.459 e. The van der Waals surface area contributed by atoms with Crippen molar-refractivity contribution in [3.05, 3.63) is 28.5 Å². The zero-order chi connectivity index (χ0) is 18.5. The molecule has 1 aromatic carbocycles. The van der Waals surface area contributed by atoms with E-state index in [0.717, 1.165) is 60.1 Å². The van der Waals surface area contributed by atoms with Crippen LogP contribution in [-0.2, 0) is 6.42 Å². The van der Waals surface area contributed by atoms with Gasteiger partial charge < -0.3 is 15.9 Å². The Morgan fingerprint density at radius 2 is 1.96 bits per heavy atom. The molecule has 2 heterocycles. The average molecular weight is 374 g/mol. The van der Waals surface area contributed by atoms with Crippen molar-refractivity contribution in [3.63, 3.8) is 0 Å².